The van der Waals surface area contributed by atoms with E-state index in [2.05, 4.69) is 16.0 Å². The molecule has 0 aliphatic rings. The van der Waals surface area contributed by atoms with Crippen LogP contribution in [-0.2, 0) is 0 Å². The summed E-state index contributed by atoms with van der Waals surface area (Å²) >= 11 is 0. The molecule has 3 aromatic rings. The summed E-state index contributed by atoms with van der Waals surface area (Å²) in [5.41, 5.74) is 2.98. The largest absolute Gasteiger partial charge is 0.395 e. The zero-order valence-electron chi connectivity index (χ0n) is 14.2. The Balaban J connectivity index is 2.17. The van der Waals surface area contributed by atoms with Gasteiger partial charge in [-0.05, 0) is 19.2 Å². The van der Waals surface area contributed by atoms with E-state index >= 15 is 0 Å². The summed E-state index contributed by atoms with van der Waals surface area (Å²) in [5, 5.41) is 20.2. The van der Waals surface area contributed by atoms with Crippen LogP contribution in [0.5, 0.6) is 0 Å². The van der Waals surface area contributed by atoms with E-state index in [1.54, 1.807) is 6.07 Å². The standard InChI is InChI=1S/C19H22N4O2/c1-20-9-10-21-17-13-5-2-3-8-16(13)23-18-14(17)6-4-7-15(18)19(25)22-11-12-24/h2-8,20,24H,9-12H2,1H3,(H,21,23)(H,22,25). The third-order valence-corrected chi connectivity index (χ3v) is 4.03. The molecule has 25 heavy (non-hydrogen) atoms. The molecule has 6 heteroatoms. The summed E-state index contributed by atoms with van der Waals surface area (Å²) in [6.45, 7) is 1.72. The lowest BCUT2D eigenvalue weighted by Crippen LogP contribution is -2.26. The lowest BCUT2D eigenvalue weighted by Gasteiger charge is -2.15. The molecule has 0 atom stereocenters. The van der Waals surface area contributed by atoms with Gasteiger partial charge in [-0.15, -0.1) is 0 Å². The molecule has 130 valence electrons. The van der Waals surface area contributed by atoms with Gasteiger partial charge in [0.15, 0.2) is 0 Å². The quantitative estimate of drug-likeness (QED) is 0.389. The number of nitrogens with one attached hydrogen (secondary N) is 3. The fraction of sp³-hybridized carbons (Fsp3) is 0.263. The molecule has 1 amide bonds. The van der Waals surface area contributed by atoms with Gasteiger partial charge in [0.1, 0.15) is 0 Å². The SMILES string of the molecule is CNCCNc1c2ccccc2nc2c(C(=O)NCCO)cccc12. The number of fused-ring (bicyclic) bond motifs is 2. The topological polar surface area (TPSA) is 86.3 Å². The van der Waals surface area contributed by atoms with Gasteiger partial charge in [0.2, 0.25) is 0 Å². The number of hydrogen-bond donors (Lipinski definition) is 4. The molecule has 0 unspecified atom stereocenters. The highest BCUT2D eigenvalue weighted by atomic mass is 16.3. The number of benzene rings is 2. The number of nitrogens with zero attached hydrogens (tertiary/aromatic N) is 1. The van der Waals surface area contributed by atoms with Gasteiger partial charge in [0, 0.05) is 30.4 Å². The third kappa shape index (κ3) is 3.55. The van der Waals surface area contributed by atoms with E-state index in [4.69, 9.17) is 10.1 Å². The van der Waals surface area contributed by atoms with Crippen molar-refractivity contribution in [1.29, 1.82) is 0 Å². The van der Waals surface area contributed by atoms with Crippen LogP contribution in [0.25, 0.3) is 21.8 Å². The van der Waals surface area contributed by atoms with Crippen molar-refractivity contribution in [3.8, 4) is 0 Å². The monoisotopic (exact) mass is 338 g/mol. The summed E-state index contributed by atoms with van der Waals surface area (Å²) in [7, 11) is 1.91. The highest BCUT2D eigenvalue weighted by Crippen LogP contribution is 2.32. The number of aliphatic hydroxyl groups is 1. The zero-order valence-corrected chi connectivity index (χ0v) is 14.2. The van der Waals surface area contributed by atoms with Crippen molar-refractivity contribution in [1.82, 2.24) is 15.6 Å². The van der Waals surface area contributed by atoms with Gasteiger partial charge in [-0.1, -0.05) is 30.3 Å². The van der Waals surface area contributed by atoms with Crippen LogP contribution < -0.4 is 16.0 Å². The molecular weight excluding hydrogens is 316 g/mol. The Labute approximate surface area is 146 Å². The molecule has 0 aliphatic carbocycles. The van der Waals surface area contributed by atoms with E-state index in [0.29, 0.717) is 11.1 Å². The normalized spacial score (nSPS) is 11.0. The first-order valence-corrected chi connectivity index (χ1v) is 8.35. The maximum atomic E-state index is 12.4. The molecule has 0 spiro atoms. The van der Waals surface area contributed by atoms with Crippen molar-refractivity contribution in [2.45, 2.75) is 0 Å². The molecule has 4 N–H and O–H groups in total. The number of carbonyl (C=O) groups excluding carboxylic acids is 1. The molecule has 0 fully saturated rings. The Kier molecular flexibility index (Phi) is 5.42. The average Bonchev–Trinajstić information content (AvgIpc) is 2.65. The maximum Gasteiger partial charge on any atom is 0.253 e. The van der Waals surface area contributed by atoms with Gasteiger partial charge < -0.3 is 21.1 Å². The molecule has 3 rings (SSSR count). The minimum Gasteiger partial charge on any atom is -0.395 e. The van der Waals surface area contributed by atoms with Crippen molar-refractivity contribution in [3.63, 3.8) is 0 Å². The van der Waals surface area contributed by atoms with Crippen molar-refractivity contribution >= 4 is 33.4 Å². The first kappa shape index (κ1) is 17.1. The molecule has 0 saturated carbocycles. The first-order valence-electron chi connectivity index (χ1n) is 8.35. The van der Waals surface area contributed by atoms with Gasteiger partial charge in [0.05, 0.1) is 28.9 Å². The third-order valence-electron chi connectivity index (χ3n) is 4.03. The zero-order chi connectivity index (χ0) is 17.6. The van der Waals surface area contributed by atoms with Crippen molar-refractivity contribution in [2.24, 2.45) is 0 Å². The number of hydrogen-bond acceptors (Lipinski definition) is 5. The molecule has 0 aliphatic heterocycles. The fourth-order valence-corrected chi connectivity index (χ4v) is 2.86. The molecule has 1 heterocycles. The average molecular weight is 338 g/mol. The van der Waals surface area contributed by atoms with Crippen LogP contribution >= 0.6 is 0 Å². The van der Waals surface area contributed by atoms with Crippen molar-refractivity contribution in [3.05, 3.63) is 48.0 Å². The first-order chi connectivity index (χ1) is 12.3. The van der Waals surface area contributed by atoms with Crippen molar-refractivity contribution < 1.29 is 9.90 Å². The van der Waals surface area contributed by atoms with Crippen LogP contribution in [0.3, 0.4) is 0 Å². The minimum atomic E-state index is -0.233. The highest BCUT2D eigenvalue weighted by Gasteiger charge is 2.15. The summed E-state index contributed by atoms with van der Waals surface area (Å²) in [6, 6.07) is 13.5. The van der Waals surface area contributed by atoms with E-state index < -0.39 is 0 Å². The Bertz CT molecular complexity index is 895. The molecule has 6 nitrogen and oxygen atoms in total. The van der Waals surface area contributed by atoms with E-state index in [9.17, 15) is 4.79 Å². The van der Waals surface area contributed by atoms with E-state index in [0.717, 1.165) is 35.1 Å². The van der Waals surface area contributed by atoms with Crippen LogP contribution in [0, 0.1) is 0 Å². The molecule has 0 saturated heterocycles. The van der Waals surface area contributed by atoms with E-state index in [-0.39, 0.29) is 19.1 Å². The fourth-order valence-electron chi connectivity index (χ4n) is 2.86. The Morgan fingerprint density at radius 3 is 2.64 bits per heavy atom. The smallest absolute Gasteiger partial charge is 0.253 e. The van der Waals surface area contributed by atoms with Crippen LogP contribution in [0.4, 0.5) is 5.69 Å². The Morgan fingerprint density at radius 2 is 1.84 bits per heavy atom. The lowest BCUT2D eigenvalue weighted by atomic mass is 10.0. The van der Waals surface area contributed by atoms with Crippen LogP contribution in [-0.4, -0.2) is 49.3 Å². The summed E-state index contributed by atoms with van der Waals surface area (Å²) in [5.74, 6) is -0.233. The number of aliphatic hydroxyl groups excluding tert-OH is 1. The lowest BCUT2D eigenvalue weighted by molar-refractivity contribution is 0.0946. The molecule has 2 aromatic carbocycles. The van der Waals surface area contributed by atoms with E-state index in [1.165, 1.54) is 0 Å². The second kappa shape index (κ2) is 7.92. The maximum absolute atomic E-state index is 12.4. The van der Waals surface area contributed by atoms with Crippen LogP contribution in [0.2, 0.25) is 0 Å². The van der Waals surface area contributed by atoms with Gasteiger partial charge in [-0.2, -0.15) is 0 Å². The summed E-state index contributed by atoms with van der Waals surface area (Å²) < 4.78 is 0. The van der Waals surface area contributed by atoms with E-state index in [1.807, 2.05) is 43.4 Å². The molecule has 0 radical (unpaired) electrons. The predicted octanol–water partition coefficient (Wildman–Crippen LogP) is 1.74. The van der Waals surface area contributed by atoms with Gasteiger partial charge in [-0.3, -0.25) is 4.79 Å². The molecular formula is C19H22N4O2. The minimum absolute atomic E-state index is 0.0936. The number of carbonyl (C=O) groups is 1. The summed E-state index contributed by atoms with van der Waals surface area (Å²) in [6.07, 6.45) is 0. The second-order valence-electron chi connectivity index (χ2n) is 5.72. The number of likely N-dealkylation sites (N-methyl/N-ethyl adjacent to an activating group) is 1. The number of para-hydroxylation sites is 2. The number of aromatic nitrogens is 1. The Hall–Kier alpha value is -2.70. The Morgan fingerprint density at radius 1 is 1.04 bits per heavy atom. The van der Waals surface area contributed by atoms with Crippen LogP contribution in [0.1, 0.15) is 10.4 Å². The van der Waals surface area contributed by atoms with Crippen LogP contribution in [0.15, 0.2) is 42.5 Å². The van der Waals surface area contributed by atoms with Gasteiger partial charge >= 0.3 is 0 Å². The number of pyridine rings is 1. The van der Waals surface area contributed by atoms with Crippen molar-refractivity contribution in [2.75, 3.05) is 38.6 Å². The van der Waals surface area contributed by atoms with Gasteiger partial charge in [-0.25, -0.2) is 4.98 Å². The number of amides is 1. The second-order valence-corrected chi connectivity index (χ2v) is 5.72. The molecule has 1 aromatic heterocycles. The van der Waals surface area contributed by atoms with Gasteiger partial charge in [0.25, 0.3) is 5.91 Å². The molecule has 0 bridgehead atoms. The highest BCUT2D eigenvalue weighted by molar-refractivity contribution is 6.14. The number of anilines is 1. The number of rotatable bonds is 7. The summed E-state index contributed by atoms with van der Waals surface area (Å²) in [4.78, 5) is 17.1. The predicted molar refractivity (Wildman–Crippen MR) is 101 cm³/mol.